The van der Waals surface area contributed by atoms with E-state index in [-0.39, 0.29) is 10.6 Å². The van der Waals surface area contributed by atoms with Gasteiger partial charge in [0.25, 0.3) is 5.69 Å². The fourth-order valence-electron chi connectivity index (χ4n) is 2.86. The Morgan fingerprint density at radius 1 is 1.32 bits per heavy atom. The summed E-state index contributed by atoms with van der Waals surface area (Å²) in [6, 6.07) is 5.60. The Bertz CT molecular complexity index is 473. The third kappa shape index (κ3) is 3.25. The molecule has 3 atom stereocenters. The molecule has 2 rings (SSSR count). The minimum absolute atomic E-state index is 0.177. The first-order chi connectivity index (χ1) is 8.97. The van der Waals surface area contributed by atoms with E-state index in [9.17, 15) is 10.1 Å². The third-order valence-corrected chi connectivity index (χ3v) is 4.15. The van der Waals surface area contributed by atoms with Gasteiger partial charge in [-0.2, -0.15) is 0 Å². The van der Waals surface area contributed by atoms with Gasteiger partial charge >= 0.3 is 0 Å². The number of nitrogens with zero attached hydrogens (tertiary/aromatic N) is 1. The van der Waals surface area contributed by atoms with Gasteiger partial charge in [-0.1, -0.05) is 26.3 Å². The first kappa shape index (κ1) is 13.8. The lowest BCUT2D eigenvalue weighted by Crippen LogP contribution is -2.33. The van der Waals surface area contributed by atoms with Crippen LogP contribution in [0.2, 0.25) is 0 Å². The van der Waals surface area contributed by atoms with Crippen molar-refractivity contribution in [3.05, 3.63) is 33.9 Å². The largest absolute Gasteiger partial charge is 0.376 e. The third-order valence-electron chi connectivity index (χ3n) is 4.15. The molecule has 0 heterocycles. The fraction of sp³-hybridized carbons (Fsp3) is 0.600. The molecule has 1 aliphatic carbocycles. The van der Waals surface area contributed by atoms with Crippen LogP contribution in [-0.2, 0) is 0 Å². The molecule has 4 nitrogen and oxygen atoms in total. The van der Waals surface area contributed by atoms with Crippen molar-refractivity contribution in [3.63, 3.8) is 0 Å². The molecule has 1 N–H and O–H groups in total. The summed E-state index contributed by atoms with van der Waals surface area (Å²) in [6.45, 7) is 6.44. The molecule has 104 valence electrons. The summed E-state index contributed by atoms with van der Waals surface area (Å²) in [7, 11) is 0. The van der Waals surface area contributed by atoms with Gasteiger partial charge in [-0.3, -0.25) is 10.1 Å². The van der Waals surface area contributed by atoms with Gasteiger partial charge in [-0.05, 0) is 43.2 Å². The zero-order chi connectivity index (χ0) is 14.0. The van der Waals surface area contributed by atoms with Crippen LogP contribution in [0.1, 0.15) is 38.7 Å². The van der Waals surface area contributed by atoms with E-state index in [1.165, 1.54) is 12.8 Å². The Labute approximate surface area is 114 Å². The molecule has 1 aliphatic rings. The number of rotatable bonds is 3. The van der Waals surface area contributed by atoms with Crippen LogP contribution in [0.3, 0.4) is 0 Å². The van der Waals surface area contributed by atoms with Gasteiger partial charge < -0.3 is 5.32 Å². The Hall–Kier alpha value is -1.58. The predicted octanol–water partition coefficient (Wildman–Crippen LogP) is 4.14. The highest BCUT2D eigenvalue weighted by atomic mass is 16.6. The topological polar surface area (TPSA) is 55.2 Å². The maximum Gasteiger partial charge on any atom is 0.292 e. The van der Waals surface area contributed by atoms with E-state index in [4.69, 9.17) is 0 Å². The molecular formula is C15H22N2O2. The quantitative estimate of drug-likeness (QED) is 0.658. The van der Waals surface area contributed by atoms with Crippen molar-refractivity contribution in [1.82, 2.24) is 0 Å². The molecule has 19 heavy (non-hydrogen) atoms. The minimum atomic E-state index is -0.307. The van der Waals surface area contributed by atoms with E-state index < -0.39 is 0 Å². The number of nitro groups is 1. The molecule has 3 unspecified atom stereocenters. The highest BCUT2D eigenvalue weighted by molar-refractivity contribution is 5.63. The maximum atomic E-state index is 11.1. The Morgan fingerprint density at radius 3 is 2.74 bits per heavy atom. The summed E-state index contributed by atoms with van der Waals surface area (Å²) in [5.74, 6) is 1.26. The van der Waals surface area contributed by atoms with Crippen LogP contribution in [0.25, 0.3) is 0 Å². The average molecular weight is 262 g/mol. The van der Waals surface area contributed by atoms with Gasteiger partial charge in [0.15, 0.2) is 0 Å². The van der Waals surface area contributed by atoms with E-state index in [0.717, 1.165) is 12.0 Å². The van der Waals surface area contributed by atoms with Crippen LogP contribution in [0.15, 0.2) is 18.2 Å². The van der Waals surface area contributed by atoms with E-state index >= 15 is 0 Å². The Kier molecular flexibility index (Phi) is 4.08. The highest BCUT2D eigenvalue weighted by Gasteiger charge is 2.27. The summed E-state index contributed by atoms with van der Waals surface area (Å²) < 4.78 is 0. The molecule has 0 spiro atoms. The van der Waals surface area contributed by atoms with Gasteiger partial charge in [0, 0.05) is 12.1 Å². The first-order valence-corrected chi connectivity index (χ1v) is 6.99. The first-order valence-electron chi connectivity index (χ1n) is 6.99. The van der Waals surface area contributed by atoms with Gasteiger partial charge in [0.2, 0.25) is 0 Å². The highest BCUT2D eigenvalue weighted by Crippen LogP contribution is 2.33. The van der Waals surface area contributed by atoms with Crippen LogP contribution >= 0.6 is 0 Å². The smallest absolute Gasteiger partial charge is 0.292 e. The number of hydrogen-bond donors (Lipinski definition) is 1. The van der Waals surface area contributed by atoms with E-state index in [1.54, 1.807) is 12.1 Å². The van der Waals surface area contributed by atoms with Crippen molar-refractivity contribution in [3.8, 4) is 0 Å². The monoisotopic (exact) mass is 262 g/mol. The summed E-state index contributed by atoms with van der Waals surface area (Å²) in [5, 5.41) is 14.5. The summed E-state index contributed by atoms with van der Waals surface area (Å²) in [6.07, 6.45) is 3.54. The number of nitro benzene ring substituents is 1. The van der Waals surface area contributed by atoms with Crippen LogP contribution < -0.4 is 5.32 Å². The van der Waals surface area contributed by atoms with Crippen molar-refractivity contribution >= 4 is 11.4 Å². The lowest BCUT2D eigenvalue weighted by Gasteiger charge is -2.33. The summed E-state index contributed by atoms with van der Waals surface area (Å²) in [5.41, 5.74) is 1.89. The summed E-state index contributed by atoms with van der Waals surface area (Å²) in [4.78, 5) is 10.8. The lowest BCUT2D eigenvalue weighted by atomic mass is 9.80. The van der Waals surface area contributed by atoms with Gasteiger partial charge in [0.1, 0.15) is 5.69 Å². The molecule has 0 aromatic heterocycles. The molecule has 0 saturated heterocycles. The SMILES string of the molecule is Cc1ccc([N+](=O)[O-])c(NC2CC(C)CCC2C)c1. The zero-order valence-corrected chi connectivity index (χ0v) is 11.8. The average Bonchev–Trinajstić information content (AvgIpc) is 2.33. The lowest BCUT2D eigenvalue weighted by molar-refractivity contribution is -0.384. The van der Waals surface area contributed by atoms with E-state index in [2.05, 4.69) is 19.2 Å². The molecule has 0 amide bonds. The number of benzene rings is 1. The van der Waals surface area contributed by atoms with E-state index in [0.29, 0.717) is 23.6 Å². The summed E-state index contributed by atoms with van der Waals surface area (Å²) >= 11 is 0. The Balaban J connectivity index is 2.22. The number of hydrogen-bond acceptors (Lipinski definition) is 3. The molecule has 1 aromatic carbocycles. The van der Waals surface area contributed by atoms with Gasteiger partial charge in [-0.25, -0.2) is 0 Å². The van der Waals surface area contributed by atoms with Crippen LogP contribution in [-0.4, -0.2) is 11.0 Å². The van der Waals surface area contributed by atoms with Crippen molar-refractivity contribution in [2.75, 3.05) is 5.32 Å². The van der Waals surface area contributed by atoms with Crippen LogP contribution in [0, 0.1) is 28.9 Å². The normalized spacial score (nSPS) is 27.0. The van der Waals surface area contributed by atoms with Crippen molar-refractivity contribution in [2.45, 2.75) is 46.1 Å². The van der Waals surface area contributed by atoms with Crippen molar-refractivity contribution < 1.29 is 4.92 Å². The van der Waals surface area contributed by atoms with Crippen molar-refractivity contribution in [1.29, 1.82) is 0 Å². The van der Waals surface area contributed by atoms with Gasteiger partial charge in [-0.15, -0.1) is 0 Å². The predicted molar refractivity (Wildman–Crippen MR) is 77.4 cm³/mol. The molecule has 0 radical (unpaired) electrons. The Morgan fingerprint density at radius 2 is 2.05 bits per heavy atom. The second-order valence-electron chi connectivity index (χ2n) is 5.92. The fourth-order valence-corrected chi connectivity index (χ4v) is 2.86. The van der Waals surface area contributed by atoms with Crippen molar-refractivity contribution in [2.24, 2.45) is 11.8 Å². The number of aryl methyl sites for hydroxylation is 1. The number of anilines is 1. The molecular weight excluding hydrogens is 240 g/mol. The molecule has 0 bridgehead atoms. The minimum Gasteiger partial charge on any atom is -0.376 e. The zero-order valence-electron chi connectivity index (χ0n) is 11.8. The second kappa shape index (κ2) is 5.59. The molecule has 1 aromatic rings. The van der Waals surface area contributed by atoms with Crippen LogP contribution in [0.5, 0.6) is 0 Å². The molecule has 0 aliphatic heterocycles. The van der Waals surface area contributed by atoms with Crippen LogP contribution in [0.4, 0.5) is 11.4 Å². The molecule has 1 saturated carbocycles. The molecule has 4 heteroatoms. The molecule has 1 fully saturated rings. The number of nitrogens with one attached hydrogen (secondary N) is 1. The standard InChI is InChI=1S/C15H22N2O2/c1-10-4-6-12(3)13(8-10)16-14-9-11(2)5-7-15(14)17(18)19/h5,7,9-10,12-13,16H,4,6,8H2,1-3H3. The van der Waals surface area contributed by atoms with Gasteiger partial charge in [0.05, 0.1) is 4.92 Å². The second-order valence-corrected chi connectivity index (χ2v) is 5.92. The van der Waals surface area contributed by atoms with E-state index in [1.807, 2.05) is 13.0 Å². The maximum absolute atomic E-state index is 11.1.